The van der Waals surface area contributed by atoms with E-state index in [0.717, 1.165) is 32.5 Å². The minimum absolute atomic E-state index is 0.0369. The van der Waals surface area contributed by atoms with Gasteiger partial charge in [-0.05, 0) is 93.8 Å². The maximum atomic E-state index is 13.6. The molecule has 3 atom stereocenters. The van der Waals surface area contributed by atoms with E-state index in [1.54, 1.807) is 44.4 Å². The van der Waals surface area contributed by atoms with Crippen LogP contribution in [0.5, 0.6) is 17.2 Å². The normalized spacial score (nSPS) is 25.7. The molecular weight excluding hydrogens is 560 g/mol. The maximum Gasteiger partial charge on any atom is 0.342 e. The maximum absolute atomic E-state index is 13.6. The van der Waals surface area contributed by atoms with E-state index in [0.29, 0.717) is 61.3 Å². The van der Waals surface area contributed by atoms with Crippen molar-refractivity contribution in [2.45, 2.75) is 82.8 Å². The van der Waals surface area contributed by atoms with Gasteiger partial charge < -0.3 is 29.9 Å². The lowest BCUT2D eigenvalue weighted by Gasteiger charge is -2.45. The molecular formula is C35H44N2O7. The lowest BCUT2D eigenvalue weighted by molar-refractivity contribution is -0.123. The Morgan fingerprint density at radius 2 is 1.82 bits per heavy atom. The van der Waals surface area contributed by atoms with Crippen LogP contribution < -0.4 is 10.1 Å². The van der Waals surface area contributed by atoms with Gasteiger partial charge in [-0.25, -0.2) is 4.79 Å². The van der Waals surface area contributed by atoms with Crippen molar-refractivity contribution in [1.82, 2.24) is 10.2 Å². The van der Waals surface area contributed by atoms with E-state index in [4.69, 9.17) is 9.47 Å². The molecule has 3 N–H and O–H groups in total. The summed E-state index contributed by atoms with van der Waals surface area (Å²) >= 11 is 0. The Bertz CT molecular complexity index is 1380. The number of piperidine rings is 3. The van der Waals surface area contributed by atoms with Crippen molar-refractivity contribution in [3.63, 3.8) is 0 Å². The zero-order valence-electron chi connectivity index (χ0n) is 25.7. The molecule has 6 rings (SSSR count). The van der Waals surface area contributed by atoms with Gasteiger partial charge in [0.05, 0.1) is 13.2 Å². The molecule has 4 aliphatic heterocycles. The first-order valence-corrected chi connectivity index (χ1v) is 15.9. The number of nitrogens with zero attached hydrogens (tertiary/aromatic N) is 1. The molecule has 3 fully saturated rings. The number of fused-ring (bicyclic) bond motifs is 4. The highest BCUT2D eigenvalue weighted by molar-refractivity contribution is 5.98. The number of hydrogen-bond acceptors (Lipinski definition) is 8. The van der Waals surface area contributed by atoms with Gasteiger partial charge in [0, 0.05) is 43.3 Å². The van der Waals surface area contributed by atoms with Gasteiger partial charge in [0.15, 0.2) is 0 Å². The number of ketones is 1. The van der Waals surface area contributed by atoms with Crippen LogP contribution in [0.4, 0.5) is 0 Å². The predicted octanol–water partition coefficient (Wildman–Crippen LogP) is 5.32. The summed E-state index contributed by atoms with van der Waals surface area (Å²) in [6.07, 6.45) is 8.43. The summed E-state index contributed by atoms with van der Waals surface area (Å²) in [4.78, 5) is 41.7. The van der Waals surface area contributed by atoms with Crippen LogP contribution in [-0.2, 0) is 14.3 Å². The Labute approximate surface area is 259 Å². The number of cyclic esters (lactones) is 1. The number of hydrogen-bond donors (Lipinski definition) is 3. The minimum atomic E-state index is -0.749. The Hall–Kier alpha value is -3.85. The molecule has 0 aromatic heterocycles. The van der Waals surface area contributed by atoms with Crippen molar-refractivity contribution in [3.8, 4) is 17.2 Å². The number of amides is 1. The third kappa shape index (κ3) is 7.44. The number of Topliss-reactive ketones (excluding diaryl/α,β-unsaturated/α-hetero) is 1. The fourth-order valence-electron chi connectivity index (χ4n) is 6.82. The van der Waals surface area contributed by atoms with Gasteiger partial charge in [0.25, 0.3) is 0 Å². The van der Waals surface area contributed by atoms with Crippen molar-refractivity contribution in [3.05, 3.63) is 58.7 Å². The fraction of sp³-hybridized carbons (Fsp3) is 0.514. The monoisotopic (exact) mass is 604 g/mol. The summed E-state index contributed by atoms with van der Waals surface area (Å²) in [7, 11) is 1.57. The number of allylic oxidation sites excluding steroid dienone is 1. The van der Waals surface area contributed by atoms with E-state index < -0.39 is 23.7 Å². The molecule has 0 spiro atoms. The van der Waals surface area contributed by atoms with Crippen LogP contribution in [0.25, 0.3) is 6.08 Å². The molecule has 9 heteroatoms. The highest BCUT2D eigenvalue weighted by Gasteiger charge is 2.36. The molecule has 4 heterocycles. The van der Waals surface area contributed by atoms with Crippen molar-refractivity contribution in [2.75, 3.05) is 26.7 Å². The third-order valence-electron chi connectivity index (χ3n) is 9.31. The SMILES string of the molecule is COc1ccc(C(CC(=O)NC2CN3CCC2CC3)c2c(O)cc3c(c2O)C(=O)O[C@@H](C)CCCC(=O)CCC/C=C/3)cc1. The van der Waals surface area contributed by atoms with E-state index in [2.05, 4.69) is 10.2 Å². The lowest BCUT2D eigenvalue weighted by atomic mass is 9.82. The van der Waals surface area contributed by atoms with E-state index in [-0.39, 0.29) is 41.0 Å². The second kappa shape index (κ2) is 14.3. The van der Waals surface area contributed by atoms with E-state index >= 15 is 0 Å². The number of rotatable bonds is 6. The molecule has 2 unspecified atom stereocenters. The number of aromatic hydroxyl groups is 2. The number of phenolic OH excluding ortho intramolecular Hbond substituents is 2. The van der Waals surface area contributed by atoms with Crippen molar-refractivity contribution in [1.29, 1.82) is 0 Å². The highest BCUT2D eigenvalue weighted by Crippen LogP contribution is 2.44. The molecule has 0 saturated carbocycles. The molecule has 2 aromatic carbocycles. The predicted molar refractivity (Wildman–Crippen MR) is 167 cm³/mol. The van der Waals surface area contributed by atoms with Gasteiger partial charge in [-0.1, -0.05) is 24.3 Å². The van der Waals surface area contributed by atoms with Crippen molar-refractivity contribution in [2.24, 2.45) is 5.92 Å². The first kappa shape index (κ1) is 31.6. The summed E-state index contributed by atoms with van der Waals surface area (Å²) < 4.78 is 11.1. The summed E-state index contributed by atoms with van der Waals surface area (Å²) in [6, 6.07) is 8.65. The Morgan fingerprint density at radius 3 is 2.50 bits per heavy atom. The van der Waals surface area contributed by atoms with Crippen LogP contribution in [0.1, 0.15) is 97.7 Å². The first-order chi connectivity index (χ1) is 21.2. The summed E-state index contributed by atoms with van der Waals surface area (Å²) in [5.74, 6) is -1.01. The van der Waals surface area contributed by atoms with Crippen molar-refractivity contribution >= 4 is 23.7 Å². The van der Waals surface area contributed by atoms with Gasteiger partial charge in [0.1, 0.15) is 28.6 Å². The lowest BCUT2D eigenvalue weighted by Crippen LogP contribution is -2.57. The van der Waals surface area contributed by atoms with Gasteiger partial charge in [-0.15, -0.1) is 0 Å². The number of esters is 1. The fourth-order valence-corrected chi connectivity index (χ4v) is 6.82. The van der Waals surface area contributed by atoms with Crippen LogP contribution in [0.2, 0.25) is 0 Å². The van der Waals surface area contributed by atoms with E-state index in [1.165, 1.54) is 6.07 Å². The molecule has 2 bridgehead atoms. The average molecular weight is 605 g/mol. The number of nitrogens with one attached hydrogen (secondary N) is 1. The van der Waals surface area contributed by atoms with E-state index in [1.807, 2.05) is 6.08 Å². The summed E-state index contributed by atoms with van der Waals surface area (Å²) in [5, 5.41) is 26.4. The van der Waals surface area contributed by atoms with Crippen LogP contribution in [-0.4, -0.2) is 71.7 Å². The number of ether oxygens (including phenoxy) is 2. The quantitative estimate of drug-likeness (QED) is 0.379. The van der Waals surface area contributed by atoms with Crippen molar-refractivity contribution < 1.29 is 34.1 Å². The van der Waals surface area contributed by atoms with Crippen LogP contribution >= 0.6 is 0 Å². The van der Waals surface area contributed by atoms with Gasteiger partial charge in [-0.3, -0.25) is 9.59 Å². The second-order valence-electron chi connectivity index (χ2n) is 12.4. The first-order valence-electron chi connectivity index (χ1n) is 15.9. The molecule has 2 aromatic rings. The number of carbonyl (C=O) groups is 3. The molecule has 0 aliphatic carbocycles. The smallest absolute Gasteiger partial charge is 0.342 e. The third-order valence-corrected chi connectivity index (χ3v) is 9.31. The molecule has 4 aliphatic rings. The number of phenols is 2. The van der Waals surface area contributed by atoms with Gasteiger partial charge in [0.2, 0.25) is 5.91 Å². The minimum Gasteiger partial charge on any atom is -0.507 e. The Balaban J connectivity index is 1.51. The highest BCUT2D eigenvalue weighted by atomic mass is 16.5. The molecule has 3 saturated heterocycles. The van der Waals surface area contributed by atoms with Gasteiger partial charge in [-0.2, -0.15) is 0 Å². The summed E-state index contributed by atoms with van der Waals surface area (Å²) in [5.41, 5.74) is 1.05. The Kier molecular flexibility index (Phi) is 10.3. The Morgan fingerprint density at radius 1 is 1.09 bits per heavy atom. The van der Waals surface area contributed by atoms with Crippen LogP contribution in [0.15, 0.2) is 36.4 Å². The molecule has 44 heavy (non-hydrogen) atoms. The van der Waals surface area contributed by atoms with Gasteiger partial charge >= 0.3 is 5.97 Å². The zero-order valence-corrected chi connectivity index (χ0v) is 25.7. The average Bonchev–Trinajstić information content (AvgIpc) is 3.00. The largest absolute Gasteiger partial charge is 0.507 e. The number of methoxy groups -OCH3 is 1. The number of carbonyl (C=O) groups excluding carboxylic acids is 3. The zero-order chi connectivity index (χ0) is 31.2. The second-order valence-corrected chi connectivity index (χ2v) is 12.4. The molecule has 0 radical (unpaired) electrons. The topological polar surface area (TPSA) is 125 Å². The standard InChI is InChI=1S/C35H44N2O7/c1-22-7-6-10-26(38)9-5-3-4-8-25-19-30(39)33(34(41)32(25)35(42)44-22)28(23-11-13-27(43-2)14-12-23)20-31(40)36-29-21-37-17-15-24(29)16-18-37/h4,8,11-14,19,22,24,28-29,39,41H,3,5-7,9-10,15-18,20-21H2,1-2H3,(H,36,40)/b8-4+/t22-,28?,29?/m0/s1. The molecule has 9 nitrogen and oxygen atoms in total. The van der Waals surface area contributed by atoms with E-state index in [9.17, 15) is 24.6 Å². The van der Waals surface area contributed by atoms with Crippen LogP contribution in [0, 0.1) is 5.92 Å². The summed E-state index contributed by atoms with van der Waals surface area (Å²) in [6.45, 7) is 4.71. The molecule has 236 valence electrons. The van der Waals surface area contributed by atoms with Crippen LogP contribution in [0.3, 0.4) is 0 Å². The number of benzene rings is 2. The molecule has 1 amide bonds.